The number of thioether (sulfide) groups is 1. The lowest BCUT2D eigenvalue weighted by Gasteiger charge is -2.20. The molecule has 5 nitrogen and oxygen atoms in total. The molecule has 0 bridgehead atoms. The van der Waals surface area contributed by atoms with E-state index in [0.717, 1.165) is 26.9 Å². The Balaban J connectivity index is 1.51. The van der Waals surface area contributed by atoms with Crippen molar-refractivity contribution < 1.29 is 14.0 Å². The molecular formula is C23H24FN3O2S2. The lowest BCUT2D eigenvalue weighted by molar-refractivity contribution is -0.121. The minimum Gasteiger partial charge on any atom is -0.350 e. The second-order valence-electron chi connectivity index (χ2n) is 6.96. The fourth-order valence-corrected chi connectivity index (χ4v) is 4.63. The minimum atomic E-state index is -0.319. The monoisotopic (exact) mass is 457 g/mol. The van der Waals surface area contributed by atoms with Crippen molar-refractivity contribution in [1.82, 2.24) is 15.2 Å². The molecular weight excluding hydrogens is 433 g/mol. The second-order valence-corrected chi connectivity index (χ2v) is 9.04. The van der Waals surface area contributed by atoms with Crippen LogP contribution in [0.3, 0.4) is 0 Å². The van der Waals surface area contributed by atoms with Crippen molar-refractivity contribution in [3.05, 3.63) is 82.1 Å². The highest BCUT2D eigenvalue weighted by molar-refractivity contribution is 8.00. The van der Waals surface area contributed by atoms with Crippen LogP contribution in [0.25, 0.3) is 0 Å². The number of nitrogens with one attached hydrogen (secondary N) is 1. The van der Waals surface area contributed by atoms with Crippen LogP contribution in [-0.4, -0.2) is 34.8 Å². The largest absolute Gasteiger partial charge is 0.350 e. The van der Waals surface area contributed by atoms with Gasteiger partial charge in [-0.3, -0.25) is 9.59 Å². The predicted octanol–water partition coefficient (Wildman–Crippen LogP) is 4.66. The van der Waals surface area contributed by atoms with Crippen molar-refractivity contribution in [2.75, 3.05) is 13.1 Å². The number of rotatable bonds is 9. The fraction of sp³-hybridized carbons (Fsp3) is 0.261. The van der Waals surface area contributed by atoms with E-state index in [9.17, 15) is 14.0 Å². The molecule has 2 amide bonds. The van der Waals surface area contributed by atoms with E-state index < -0.39 is 0 Å². The number of carbonyl (C=O) groups is 2. The molecule has 1 heterocycles. The molecule has 0 fully saturated rings. The van der Waals surface area contributed by atoms with Crippen LogP contribution in [0.2, 0.25) is 0 Å². The highest BCUT2D eigenvalue weighted by atomic mass is 32.2. The number of halogens is 1. The Labute approximate surface area is 189 Å². The number of aryl methyl sites for hydroxylation is 1. The van der Waals surface area contributed by atoms with Crippen LogP contribution in [-0.2, 0) is 17.1 Å². The number of hydrogen-bond donors (Lipinski definition) is 1. The lowest BCUT2D eigenvalue weighted by Crippen LogP contribution is -2.40. The third-order valence-electron chi connectivity index (χ3n) is 4.57. The van der Waals surface area contributed by atoms with Gasteiger partial charge in [0.2, 0.25) is 5.91 Å². The molecule has 3 rings (SSSR count). The van der Waals surface area contributed by atoms with Crippen LogP contribution >= 0.6 is 23.1 Å². The lowest BCUT2D eigenvalue weighted by atomic mass is 10.1. The van der Waals surface area contributed by atoms with Crippen LogP contribution in [0.15, 0.2) is 58.3 Å². The molecule has 0 saturated heterocycles. The van der Waals surface area contributed by atoms with Gasteiger partial charge >= 0.3 is 0 Å². The smallest absolute Gasteiger partial charge is 0.254 e. The highest BCUT2D eigenvalue weighted by Gasteiger charge is 2.17. The number of likely N-dealkylation sites (N-methyl/N-ethyl adjacent to an activating group) is 1. The van der Waals surface area contributed by atoms with Crippen LogP contribution in [0, 0.1) is 12.7 Å². The maximum absolute atomic E-state index is 13.0. The quantitative estimate of drug-likeness (QED) is 0.475. The molecule has 0 atom stereocenters. The first-order valence-corrected chi connectivity index (χ1v) is 11.8. The van der Waals surface area contributed by atoms with Gasteiger partial charge in [0.1, 0.15) is 10.2 Å². The molecule has 162 valence electrons. The summed E-state index contributed by atoms with van der Waals surface area (Å²) in [4.78, 5) is 31.0. The van der Waals surface area contributed by atoms with Crippen LogP contribution < -0.4 is 5.32 Å². The summed E-state index contributed by atoms with van der Waals surface area (Å²) in [6.07, 6.45) is 0. The van der Waals surface area contributed by atoms with E-state index in [0.29, 0.717) is 12.1 Å². The molecule has 0 radical (unpaired) electrons. The van der Waals surface area contributed by atoms with Gasteiger partial charge < -0.3 is 10.2 Å². The van der Waals surface area contributed by atoms with Crippen molar-refractivity contribution in [2.45, 2.75) is 30.5 Å². The summed E-state index contributed by atoms with van der Waals surface area (Å²) in [6.45, 7) is 4.49. The zero-order chi connectivity index (χ0) is 22.2. The molecule has 0 aliphatic carbocycles. The van der Waals surface area contributed by atoms with Gasteiger partial charge in [-0.1, -0.05) is 36.0 Å². The van der Waals surface area contributed by atoms with Crippen molar-refractivity contribution in [3.8, 4) is 0 Å². The summed E-state index contributed by atoms with van der Waals surface area (Å²) in [7, 11) is 0. The fourth-order valence-electron chi connectivity index (χ4n) is 2.83. The van der Waals surface area contributed by atoms with Crippen molar-refractivity contribution in [3.63, 3.8) is 0 Å². The third kappa shape index (κ3) is 6.90. The minimum absolute atomic E-state index is 0.0302. The van der Waals surface area contributed by atoms with Crippen molar-refractivity contribution >= 4 is 34.9 Å². The Morgan fingerprint density at radius 3 is 2.39 bits per heavy atom. The Kier molecular flexibility index (Phi) is 8.20. The van der Waals surface area contributed by atoms with Gasteiger partial charge in [0.15, 0.2) is 0 Å². The summed E-state index contributed by atoms with van der Waals surface area (Å²) >= 11 is 3.30. The molecule has 0 aliphatic heterocycles. The molecule has 1 N–H and O–H groups in total. The molecule has 8 heteroatoms. The number of aromatic nitrogens is 1. The summed E-state index contributed by atoms with van der Waals surface area (Å²) in [5.41, 5.74) is 3.47. The van der Waals surface area contributed by atoms with E-state index in [1.807, 2.05) is 31.4 Å². The van der Waals surface area contributed by atoms with Gasteiger partial charge in [-0.05, 0) is 49.2 Å². The maximum Gasteiger partial charge on any atom is 0.254 e. The summed E-state index contributed by atoms with van der Waals surface area (Å²) in [5, 5.41) is 4.80. The molecule has 0 unspecified atom stereocenters. The summed E-state index contributed by atoms with van der Waals surface area (Å²) in [5.74, 6) is 0.0197. The zero-order valence-corrected chi connectivity index (χ0v) is 19.1. The molecule has 0 aliphatic rings. The molecule has 1 aromatic heterocycles. The van der Waals surface area contributed by atoms with Crippen LogP contribution in [0.1, 0.15) is 34.1 Å². The number of hydrogen-bond acceptors (Lipinski definition) is 5. The molecule has 0 spiro atoms. The number of nitrogens with zero attached hydrogens (tertiary/aromatic N) is 2. The highest BCUT2D eigenvalue weighted by Crippen LogP contribution is 2.26. The number of amides is 2. The topological polar surface area (TPSA) is 62.3 Å². The number of carbonyl (C=O) groups excluding carboxylic acids is 2. The standard InChI is InChI=1S/C23H24FN3O2S2/c1-3-27(13-21(28)25-12-17-6-10-20(24)11-7-17)22(29)19-8-4-18(5-9-19)15-31-23-26-16(2)14-30-23/h4-11,14H,3,12-13,15H2,1-2H3,(H,25,28). The van der Waals surface area contributed by atoms with Gasteiger partial charge in [-0.15, -0.1) is 11.3 Å². The predicted molar refractivity (Wildman–Crippen MR) is 123 cm³/mol. The SMILES string of the molecule is CCN(CC(=O)NCc1ccc(F)cc1)C(=O)c1ccc(CSc2nc(C)cs2)cc1. The van der Waals surface area contributed by atoms with Gasteiger partial charge in [0.05, 0.1) is 6.54 Å². The summed E-state index contributed by atoms with van der Waals surface area (Å²) < 4.78 is 14.0. The maximum atomic E-state index is 13.0. The number of thiazole rings is 1. The van der Waals surface area contributed by atoms with Gasteiger partial charge in [-0.2, -0.15) is 0 Å². The van der Waals surface area contributed by atoms with Crippen molar-refractivity contribution in [2.24, 2.45) is 0 Å². The normalized spacial score (nSPS) is 10.7. The van der Waals surface area contributed by atoms with E-state index in [4.69, 9.17) is 0 Å². The summed E-state index contributed by atoms with van der Waals surface area (Å²) in [6, 6.07) is 13.4. The first kappa shape index (κ1) is 23.0. The van der Waals surface area contributed by atoms with Gasteiger partial charge in [0, 0.05) is 35.5 Å². The molecule has 2 aromatic carbocycles. The van der Waals surface area contributed by atoms with Crippen molar-refractivity contribution in [1.29, 1.82) is 0 Å². The Morgan fingerprint density at radius 2 is 1.77 bits per heavy atom. The van der Waals surface area contributed by atoms with E-state index >= 15 is 0 Å². The van der Waals surface area contributed by atoms with Gasteiger partial charge in [0.25, 0.3) is 5.91 Å². The van der Waals surface area contributed by atoms with E-state index in [1.54, 1.807) is 47.4 Å². The molecule has 3 aromatic rings. The van der Waals surface area contributed by atoms with Crippen LogP contribution in [0.5, 0.6) is 0 Å². The Bertz CT molecular complexity index is 1020. The third-order valence-corrected chi connectivity index (χ3v) is 6.78. The van der Waals surface area contributed by atoms with Gasteiger partial charge in [-0.25, -0.2) is 9.37 Å². The van der Waals surface area contributed by atoms with E-state index in [1.165, 1.54) is 17.0 Å². The zero-order valence-electron chi connectivity index (χ0n) is 17.4. The second kappa shape index (κ2) is 11.1. The van der Waals surface area contributed by atoms with Crippen LogP contribution in [0.4, 0.5) is 4.39 Å². The molecule has 0 saturated carbocycles. The number of benzene rings is 2. The van der Waals surface area contributed by atoms with E-state index in [-0.39, 0.29) is 30.7 Å². The average molecular weight is 458 g/mol. The molecule has 31 heavy (non-hydrogen) atoms. The van der Waals surface area contributed by atoms with E-state index in [2.05, 4.69) is 10.3 Å². The Hall–Kier alpha value is -2.71. The average Bonchev–Trinajstić information content (AvgIpc) is 3.20. The first-order valence-electron chi connectivity index (χ1n) is 9.89. The Morgan fingerprint density at radius 1 is 1.10 bits per heavy atom. The first-order chi connectivity index (χ1) is 14.9.